The molecule has 0 bridgehead atoms. The van der Waals surface area contributed by atoms with Crippen molar-refractivity contribution >= 4 is 22.7 Å². The second-order valence-electron chi connectivity index (χ2n) is 7.19. The smallest absolute Gasteiger partial charge is 0.272 e. The first-order valence-electron chi connectivity index (χ1n) is 9.26. The van der Waals surface area contributed by atoms with Crippen LogP contribution in [0.4, 0.5) is 0 Å². The summed E-state index contributed by atoms with van der Waals surface area (Å²) in [6.07, 6.45) is 5.78. The zero-order chi connectivity index (χ0) is 18.5. The molecule has 0 N–H and O–H groups in total. The maximum absolute atomic E-state index is 13.0. The molecular formula is C21H20N4O2. The van der Waals surface area contributed by atoms with Crippen LogP contribution < -0.4 is 0 Å². The van der Waals surface area contributed by atoms with Crippen molar-refractivity contribution < 1.29 is 9.21 Å². The van der Waals surface area contributed by atoms with Crippen molar-refractivity contribution in [2.24, 2.45) is 0 Å². The van der Waals surface area contributed by atoms with Crippen LogP contribution in [0.2, 0.25) is 0 Å². The number of nitrogens with zero attached hydrogens (tertiary/aromatic N) is 4. The van der Waals surface area contributed by atoms with Gasteiger partial charge in [-0.1, -0.05) is 6.07 Å². The molecule has 1 fully saturated rings. The van der Waals surface area contributed by atoms with Gasteiger partial charge in [0.1, 0.15) is 16.9 Å². The van der Waals surface area contributed by atoms with E-state index in [9.17, 15) is 4.79 Å². The molecule has 6 nitrogen and oxygen atoms in total. The quantitative estimate of drug-likeness (QED) is 0.540. The van der Waals surface area contributed by atoms with E-state index in [2.05, 4.69) is 16.9 Å². The van der Waals surface area contributed by atoms with Crippen LogP contribution >= 0.6 is 0 Å². The van der Waals surface area contributed by atoms with Crippen molar-refractivity contribution in [1.82, 2.24) is 19.3 Å². The molecule has 1 aliphatic heterocycles. The van der Waals surface area contributed by atoms with Gasteiger partial charge in [-0.3, -0.25) is 9.20 Å². The molecule has 0 aliphatic carbocycles. The fourth-order valence-corrected chi connectivity index (χ4v) is 3.91. The van der Waals surface area contributed by atoms with E-state index in [1.54, 1.807) is 6.20 Å². The van der Waals surface area contributed by atoms with E-state index < -0.39 is 0 Å². The molecule has 1 atom stereocenters. The van der Waals surface area contributed by atoms with Gasteiger partial charge in [-0.2, -0.15) is 0 Å². The van der Waals surface area contributed by atoms with Gasteiger partial charge in [-0.05, 0) is 55.2 Å². The van der Waals surface area contributed by atoms with Gasteiger partial charge in [-0.25, -0.2) is 9.97 Å². The average Bonchev–Trinajstić information content (AvgIpc) is 3.36. The van der Waals surface area contributed by atoms with Crippen LogP contribution in [0.25, 0.3) is 27.9 Å². The number of rotatable bonds is 2. The summed E-state index contributed by atoms with van der Waals surface area (Å²) in [7, 11) is 0. The van der Waals surface area contributed by atoms with E-state index in [4.69, 9.17) is 4.42 Å². The lowest BCUT2D eigenvalue weighted by atomic mass is 10.1. The predicted octanol–water partition coefficient (Wildman–Crippen LogP) is 4.08. The molecule has 0 radical (unpaired) electrons. The Hall–Kier alpha value is -3.15. The Bertz CT molecular complexity index is 1170. The highest BCUT2D eigenvalue weighted by molar-refractivity contribution is 5.94. The number of pyridine rings is 1. The first-order chi connectivity index (χ1) is 13.1. The van der Waals surface area contributed by atoms with Crippen molar-refractivity contribution in [3.8, 4) is 11.1 Å². The molecule has 1 aromatic carbocycles. The fraction of sp³-hybridized carbons (Fsp3) is 0.286. The molecule has 27 heavy (non-hydrogen) atoms. The molecule has 0 saturated carbocycles. The Balaban J connectivity index is 1.58. The number of benzene rings is 1. The highest BCUT2D eigenvalue weighted by atomic mass is 16.3. The molecule has 5 rings (SSSR count). The molecule has 0 spiro atoms. The van der Waals surface area contributed by atoms with Crippen molar-refractivity contribution in [1.29, 1.82) is 0 Å². The van der Waals surface area contributed by atoms with Crippen LogP contribution in [-0.4, -0.2) is 37.8 Å². The van der Waals surface area contributed by atoms with Crippen LogP contribution in [0.15, 0.2) is 47.1 Å². The summed E-state index contributed by atoms with van der Waals surface area (Å²) in [4.78, 5) is 23.8. The van der Waals surface area contributed by atoms with E-state index in [0.29, 0.717) is 11.6 Å². The van der Waals surface area contributed by atoms with E-state index >= 15 is 0 Å². The number of fused-ring (bicyclic) bond motifs is 2. The molecule has 136 valence electrons. The zero-order valence-electron chi connectivity index (χ0n) is 15.3. The van der Waals surface area contributed by atoms with Crippen molar-refractivity contribution in [3.63, 3.8) is 0 Å². The first kappa shape index (κ1) is 16.1. The van der Waals surface area contributed by atoms with Gasteiger partial charge < -0.3 is 9.32 Å². The summed E-state index contributed by atoms with van der Waals surface area (Å²) in [5, 5.41) is 0. The van der Waals surface area contributed by atoms with Crippen LogP contribution in [0, 0.1) is 6.92 Å². The van der Waals surface area contributed by atoms with Crippen LogP contribution in [0.5, 0.6) is 0 Å². The van der Waals surface area contributed by atoms with Gasteiger partial charge in [0.15, 0.2) is 11.5 Å². The lowest BCUT2D eigenvalue weighted by Gasteiger charge is -2.21. The van der Waals surface area contributed by atoms with Gasteiger partial charge in [0.2, 0.25) is 0 Å². The van der Waals surface area contributed by atoms with Crippen LogP contribution in [0.3, 0.4) is 0 Å². The monoisotopic (exact) mass is 360 g/mol. The Morgan fingerprint density at radius 3 is 2.89 bits per heavy atom. The second kappa shape index (κ2) is 5.94. The number of amides is 1. The summed E-state index contributed by atoms with van der Waals surface area (Å²) < 4.78 is 7.45. The molecule has 1 saturated heterocycles. The Kier molecular flexibility index (Phi) is 3.53. The summed E-state index contributed by atoms with van der Waals surface area (Å²) in [5.74, 6) is 0.701. The van der Waals surface area contributed by atoms with Crippen molar-refractivity contribution in [3.05, 3.63) is 54.3 Å². The van der Waals surface area contributed by atoms with E-state index in [0.717, 1.165) is 47.3 Å². The number of carbonyl (C=O) groups is 1. The summed E-state index contributed by atoms with van der Waals surface area (Å²) in [5.41, 5.74) is 5.02. The average molecular weight is 360 g/mol. The maximum Gasteiger partial charge on any atom is 0.272 e. The number of oxazole rings is 1. The number of hydrogen-bond acceptors (Lipinski definition) is 4. The Morgan fingerprint density at radius 2 is 2.07 bits per heavy atom. The Morgan fingerprint density at radius 1 is 1.22 bits per heavy atom. The minimum Gasteiger partial charge on any atom is -0.441 e. The number of likely N-dealkylation sites (tertiary alicyclic amines) is 1. The van der Waals surface area contributed by atoms with Gasteiger partial charge in [0.05, 0.1) is 6.20 Å². The first-order valence-corrected chi connectivity index (χ1v) is 9.26. The summed E-state index contributed by atoms with van der Waals surface area (Å²) >= 11 is 0. The normalized spacial score (nSPS) is 17.3. The lowest BCUT2D eigenvalue weighted by molar-refractivity contribution is 0.0740. The molecule has 4 aromatic rings. The van der Waals surface area contributed by atoms with Gasteiger partial charge in [0.25, 0.3) is 5.91 Å². The van der Waals surface area contributed by atoms with Crippen LogP contribution in [0.1, 0.15) is 36.1 Å². The van der Waals surface area contributed by atoms with Crippen molar-refractivity contribution in [2.45, 2.75) is 32.7 Å². The van der Waals surface area contributed by atoms with Gasteiger partial charge >= 0.3 is 0 Å². The topological polar surface area (TPSA) is 63.6 Å². The second-order valence-corrected chi connectivity index (χ2v) is 7.19. The largest absolute Gasteiger partial charge is 0.441 e. The zero-order valence-corrected chi connectivity index (χ0v) is 15.3. The van der Waals surface area contributed by atoms with Crippen LogP contribution in [-0.2, 0) is 0 Å². The van der Waals surface area contributed by atoms with E-state index in [-0.39, 0.29) is 11.9 Å². The molecule has 3 aromatic heterocycles. The molecule has 6 heteroatoms. The maximum atomic E-state index is 13.0. The number of aromatic nitrogens is 3. The number of hydrogen-bond donors (Lipinski definition) is 0. The highest BCUT2D eigenvalue weighted by Gasteiger charge is 2.28. The van der Waals surface area contributed by atoms with E-state index in [1.165, 1.54) is 0 Å². The SMILES string of the molecule is Cc1nc2cc(-c3ccc4ncc(C(=O)N5CCC[C@@H]5C)n4c3)ccc2o1. The van der Waals surface area contributed by atoms with Crippen molar-refractivity contribution in [2.75, 3.05) is 6.54 Å². The minimum atomic E-state index is 0.0484. The highest BCUT2D eigenvalue weighted by Crippen LogP contribution is 2.26. The lowest BCUT2D eigenvalue weighted by Crippen LogP contribution is -2.34. The summed E-state index contributed by atoms with van der Waals surface area (Å²) in [6.45, 7) is 4.76. The number of carbonyl (C=O) groups excluding carboxylic acids is 1. The molecule has 4 heterocycles. The Labute approximate surface area is 156 Å². The molecule has 1 amide bonds. The van der Waals surface area contributed by atoms with E-state index in [1.807, 2.05) is 52.8 Å². The molecule has 0 unspecified atom stereocenters. The summed E-state index contributed by atoms with van der Waals surface area (Å²) in [6, 6.07) is 10.2. The fourth-order valence-electron chi connectivity index (χ4n) is 3.91. The third-order valence-electron chi connectivity index (χ3n) is 5.37. The molecule has 1 aliphatic rings. The van der Waals surface area contributed by atoms with Gasteiger partial charge in [0, 0.05) is 25.7 Å². The number of aryl methyl sites for hydroxylation is 1. The third-order valence-corrected chi connectivity index (χ3v) is 5.37. The minimum absolute atomic E-state index is 0.0484. The standard InChI is InChI=1S/C21H20N4O2/c1-13-4-3-9-24(13)21(26)18-11-22-20-8-6-16(12-25(18)20)15-5-7-19-17(10-15)23-14(2)27-19/h5-8,10-13H,3-4,9H2,1-2H3/t13-/m0/s1. The molecular weight excluding hydrogens is 340 g/mol. The third kappa shape index (κ3) is 2.60. The number of imidazole rings is 1. The van der Waals surface area contributed by atoms with Gasteiger partial charge in [-0.15, -0.1) is 0 Å². The predicted molar refractivity (Wildman–Crippen MR) is 103 cm³/mol.